The first-order valence-corrected chi connectivity index (χ1v) is 8.93. The Morgan fingerprint density at radius 3 is 1.59 bits per heavy atom. The van der Waals surface area contributed by atoms with Gasteiger partial charge in [-0.15, -0.1) is 0 Å². The van der Waals surface area contributed by atoms with E-state index < -0.39 is 5.41 Å². The average molecular weight is 349 g/mol. The van der Waals surface area contributed by atoms with Crippen molar-refractivity contribution in [3.63, 3.8) is 0 Å². The van der Waals surface area contributed by atoms with Gasteiger partial charge in [-0.25, -0.2) is 4.98 Å². The van der Waals surface area contributed by atoms with Crippen LogP contribution in [0.15, 0.2) is 97.2 Å². The second-order valence-electron chi connectivity index (χ2n) is 6.44. The number of nitrogens with zero attached hydrogens (tertiary/aromatic N) is 2. The van der Waals surface area contributed by atoms with Crippen LogP contribution in [0.25, 0.3) is 0 Å². The maximum Gasteiger partial charge on any atom is 0.125 e. The molecule has 0 atom stereocenters. The molecule has 0 radical (unpaired) electrons. The number of imidazole rings is 1. The summed E-state index contributed by atoms with van der Waals surface area (Å²) in [6, 6.07) is 33.4. The Morgan fingerprint density at radius 2 is 1.19 bits per heavy atom. The molecule has 1 heterocycles. The monoisotopic (exact) mass is 349 g/mol. The normalized spacial score (nSPS) is 11.1. The summed E-state index contributed by atoms with van der Waals surface area (Å²) in [6.07, 6.45) is 2.07. The van der Waals surface area contributed by atoms with Gasteiger partial charge in [-0.3, -0.25) is 0 Å². The van der Waals surface area contributed by atoms with E-state index >= 15 is 0 Å². The molecule has 4 rings (SSSR count). The van der Waals surface area contributed by atoms with Crippen LogP contribution in [0.2, 0.25) is 0 Å². The van der Waals surface area contributed by atoms with Crippen molar-refractivity contribution < 1.29 is 0 Å². The van der Waals surface area contributed by atoms with Crippen LogP contribution in [0, 0.1) is 11.3 Å². The summed E-state index contributed by atoms with van der Waals surface area (Å²) in [5.74, 6) is 0.816. The van der Waals surface area contributed by atoms with E-state index in [1.165, 1.54) is 0 Å². The zero-order chi connectivity index (χ0) is 18.5. The molecule has 1 aromatic heterocycles. The molecule has 0 amide bonds. The fourth-order valence-corrected chi connectivity index (χ4v) is 3.70. The molecule has 0 aliphatic carbocycles. The highest BCUT2D eigenvalue weighted by atomic mass is 14.9. The molecule has 3 heteroatoms. The second-order valence-corrected chi connectivity index (χ2v) is 6.44. The van der Waals surface area contributed by atoms with E-state index in [4.69, 9.17) is 10.2 Å². The molecule has 4 aromatic rings. The van der Waals surface area contributed by atoms with E-state index in [0.717, 1.165) is 28.2 Å². The minimum Gasteiger partial charge on any atom is -0.344 e. The second kappa shape index (κ2) is 7.31. The van der Waals surface area contributed by atoms with Gasteiger partial charge in [0.25, 0.3) is 0 Å². The zero-order valence-electron chi connectivity index (χ0n) is 14.8. The molecule has 0 spiro atoms. The zero-order valence-corrected chi connectivity index (χ0v) is 14.8. The predicted octanol–water partition coefficient (Wildman–Crippen LogP) is 4.86. The molecule has 0 saturated carbocycles. The highest BCUT2D eigenvalue weighted by molar-refractivity contribution is 5.56. The smallest absolute Gasteiger partial charge is 0.125 e. The highest BCUT2D eigenvalue weighted by Gasteiger charge is 2.40. The third kappa shape index (κ3) is 2.92. The van der Waals surface area contributed by atoms with Crippen LogP contribution >= 0.6 is 0 Å². The van der Waals surface area contributed by atoms with Gasteiger partial charge in [0.15, 0.2) is 0 Å². The topological polar surface area (TPSA) is 52.5 Å². The van der Waals surface area contributed by atoms with Gasteiger partial charge in [0.2, 0.25) is 0 Å². The fraction of sp³-hybridized carbons (Fsp3) is 0.0833. The fourth-order valence-electron chi connectivity index (χ4n) is 3.70. The SMILES string of the molecule is N#CCc1cnc(C(c2ccccc2)(c2ccccc2)c2ccccc2)[nH]1. The summed E-state index contributed by atoms with van der Waals surface area (Å²) in [5.41, 5.74) is 3.61. The summed E-state index contributed by atoms with van der Waals surface area (Å²) in [4.78, 5) is 8.15. The predicted molar refractivity (Wildman–Crippen MR) is 106 cm³/mol. The summed E-state index contributed by atoms with van der Waals surface area (Å²) in [7, 11) is 0. The number of aromatic nitrogens is 2. The van der Waals surface area contributed by atoms with E-state index in [-0.39, 0.29) is 0 Å². The van der Waals surface area contributed by atoms with Crippen molar-refractivity contribution >= 4 is 0 Å². The maximum absolute atomic E-state index is 9.09. The first-order chi connectivity index (χ1) is 13.4. The number of aromatic amines is 1. The third-order valence-corrected chi connectivity index (χ3v) is 4.87. The van der Waals surface area contributed by atoms with E-state index in [0.29, 0.717) is 6.42 Å². The van der Waals surface area contributed by atoms with Gasteiger partial charge in [0, 0.05) is 11.9 Å². The van der Waals surface area contributed by atoms with Gasteiger partial charge < -0.3 is 4.98 Å². The first-order valence-electron chi connectivity index (χ1n) is 8.93. The lowest BCUT2D eigenvalue weighted by molar-refractivity contribution is 0.690. The van der Waals surface area contributed by atoms with Crippen LogP contribution in [0.1, 0.15) is 28.2 Å². The molecule has 3 aromatic carbocycles. The van der Waals surface area contributed by atoms with Gasteiger partial charge >= 0.3 is 0 Å². The van der Waals surface area contributed by atoms with Crippen molar-refractivity contribution in [3.8, 4) is 6.07 Å². The minimum atomic E-state index is -0.586. The number of benzene rings is 3. The van der Waals surface area contributed by atoms with Crippen LogP contribution in [-0.2, 0) is 11.8 Å². The van der Waals surface area contributed by atoms with Crippen LogP contribution in [0.3, 0.4) is 0 Å². The summed E-state index contributed by atoms with van der Waals surface area (Å²) < 4.78 is 0. The lowest BCUT2D eigenvalue weighted by atomic mass is 9.69. The van der Waals surface area contributed by atoms with Crippen molar-refractivity contribution in [2.24, 2.45) is 0 Å². The number of H-pyrrole nitrogens is 1. The van der Waals surface area contributed by atoms with Gasteiger partial charge in [0.1, 0.15) is 11.2 Å². The Balaban J connectivity index is 2.08. The quantitative estimate of drug-likeness (QED) is 0.523. The van der Waals surface area contributed by atoms with Crippen molar-refractivity contribution in [2.75, 3.05) is 0 Å². The molecule has 130 valence electrons. The summed E-state index contributed by atoms with van der Waals surface area (Å²) in [6.45, 7) is 0. The maximum atomic E-state index is 9.09. The Kier molecular flexibility index (Phi) is 4.55. The number of rotatable bonds is 5. The van der Waals surface area contributed by atoms with E-state index in [1.807, 2.05) is 18.2 Å². The molecule has 0 saturated heterocycles. The van der Waals surface area contributed by atoms with Gasteiger partial charge in [0.05, 0.1) is 12.5 Å². The van der Waals surface area contributed by atoms with Crippen molar-refractivity contribution in [1.29, 1.82) is 5.26 Å². The van der Waals surface area contributed by atoms with E-state index in [9.17, 15) is 0 Å². The van der Waals surface area contributed by atoms with Crippen molar-refractivity contribution in [3.05, 3.63) is 125 Å². The van der Waals surface area contributed by atoms with E-state index in [1.54, 1.807) is 6.20 Å². The Labute approximate surface area is 159 Å². The van der Waals surface area contributed by atoms with Crippen LogP contribution in [-0.4, -0.2) is 9.97 Å². The summed E-state index contributed by atoms with van der Waals surface area (Å²) >= 11 is 0. The van der Waals surface area contributed by atoms with E-state index in [2.05, 4.69) is 83.8 Å². The lowest BCUT2D eigenvalue weighted by Gasteiger charge is -2.34. The molecule has 27 heavy (non-hydrogen) atoms. The average Bonchev–Trinajstić information content (AvgIpc) is 3.20. The highest BCUT2D eigenvalue weighted by Crippen LogP contribution is 2.43. The van der Waals surface area contributed by atoms with Crippen molar-refractivity contribution in [2.45, 2.75) is 11.8 Å². The van der Waals surface area contributed by atoms with Gasteiger partial charge in [-0.05, 0) is 16.7 Å². The Morgan fingerprint density at radius 1 is 0.741 bits per heavy atom. The molecular weight excluding hydrogens is 330 g/mol. The number of nitrogens with one attached hydrogen (secondary N) is 1. The largest absolute Gasteiger partial charge is 0.344 e. The molecule has 0 unspecified atom stereocenters. The number of hydrogen-bond donors (Lipinski definition) is 1. The van der Waals surface area contributed by atoms with Gasteiger partial charge in [-0.2, -0.15) is 5.26 Å². The molecule has 0 fully saturated rings. The molecule has 0 aliphatic rings. The number of nitriles is 1. The van der Waals surface area contributed by atoms with Gasteiger partial charge in [-0.1, -0.05) is 91.0 Å². The first kappa shape index (κ1) is 16.8. The molecule has 0 aliphatic heterocycles. The van der Waals surface area contributed by atoms with Crippen LogP contribution in [0.4, 0.5) is 0 Å². The molecule has 1 N–H and O–H groups in total. The molecule has 0 bridgehead atoms. The molecule has 3 nitrogen and oxygen atoms in total. The third-order valence-electron chi connectivity index (χ3n) is 4.87. The lowest BCUT2D eigenvalue weighted by Crippen LogP contribution is -2.32. The number of hydrogen-bond acceptors (Lipinski definition) is 2. The molecular formula is C24H19N3. The standard InChI is InChI=1S/C24H19N3/c25-17-16-22-18-26-23(27-22)24(19-10-4-1-5-11-19,20-12-6-2-7-13-20)21-14-8-3-9-15-21/h1-15,18H,16H2,(H,26,27). The minimum absolute atomic E-state index is 0.307. The Hall–Kier alpha value is -3.64. The van der Waals surface area contributed by atoms with Crippen LogP contribution in [0.5, 0.6) is 0 Å². The van der Waals surface area contributed by atoms with Crippen molar-refractivity contribution in [1.82, 2.24) is 9.97 Å². The Bertz CT molecular complexity index is 948. The van der Waals surface area contributed by atoms with Crippen LogP contribution < -0.4 is 0 Å². The summed E-state index contributed by atoms with van der Waals surface area (Å²) in [5, 5.41) is 9.09.